The van der Waals surface area contributed by atoms with Gasteiger partial charge in [0.05, 0.1) is 12.6 Å². The third-order valence-corrected chi connectivity index (χ3v) is 3.62. The van der Waals surface area contributed by atoms with E-state index in [2.05, 4.69) is 0 Å². The summed E-state index contributed by atoms with van der Waals surface area (Å²) in [5, 5.41) is 9.17. The molecule has 1 aliphatic heterocycles. The van der Waals surface area contributed by atoms with Gasteiger partial charge in [0.15, 0.2) is 0 Å². The van der Waals surface area contributed by atoms with Gasteiger partial charge in [0.1, 0.15) is 5.75 Å². The van der Waals surface area contributed by atoms with E-state index in [0.717, 1.165) is 11.3 Å². The molecule has 1 aromatic carbocycles. The Morgan fingerprint density at radius 2 is 2.32 bits per heavy atom. The molecule has 1 N–H and O–H groups in total. The van der Waals surface area contributed by atoms with Crippen molar-refractivity contribution in [2.24, 2.45) is 5.92 Å². The van der Waals surface area contributed by atoms with Gasteiger partial charge in [-0.2, -0.15) is 0 Å². The lowest BCUT2D eigenvalue weighted by atomic mass is 10.1. The van der Waals surface area contributed by atoms with Crippen molar-refractivity contribution in [2.75, 3.05) is 19.8 Å². The number of aliphatic hydroxyl groups is 1. The average Bonchev–Trinajstić information content (AvgIpc) is 2.80. The molecule has 1 amide bonds. The molecule has 0 aliphatic carbocycles. The summed E-state index contributed by atoms with van der Waals surface area (Å²) in [5.74, 6) is 1.02. The number of aliphatic hydroxyl groups excluding tert-OH is 1. The Morgan fingerprint density at radius 3 is 2.95 bits per heavy atom. The van der Waals surface area contributed by atoms with Crippen LogP contribution in [-0.4, -0.2) is 35.7 Å². The van der Waals surface area contributed by atoms with E-state index in [4.69, 9.17) is 9.84 Å². The van der Waals surface area contributed by atoms with Gasteiger partial charge in [-0.25, -0.2) is 0 Å². The van der Waals surface area contributed by atoms with Crippen LogP contribution >= 0.6 is 0 Å². The monoisotopic (exact) mass is 263 g/mol. The summed E-state index contributed by atoms with van der Waals surface area (Å²) < 4.78 is 5.49. The van der Waals surface area contributed by atoms with E-state index < -0.39 is 0 Å². The molecular formula is C15H21NO3. The predicted octanol–water partition coefficient (Wildman–Crippen LogP) is 1.99. The maximum Gasteiger partial charge on any atom is 0.223 e. The highest BCUT2D eigenvalue weighted by Gasteiger charge is 2.32. The van der Waals surface area contributed by atoms with Crippen LogP contribution in [0.25, 0.3) is 0 Å². The van der Waals surface area contributed by atoms with Gasteiger partial charge in [-0.15, -0.1) is 0 Å². The molecule has 2 rings (SSSR count). The van der Waals surface area contributed by atoms with Crippen LogP contribution < -0.4 is 4.74 Å². The molecule has 1 fully saturated rings. The van der Waals surface area contributed by atoms with Crippen LogP contribution in [0.2, 0.25) is 0 Å². The molecule has 0 spiro atoms. The number of ether oxygens (including phenoxy) is 1. The van der Waals surface area contributed by atoms with Crippen molar-refractivity contribution >= 4 is 5.91 Å². The van der Waals surface area contributed by atoms with Gasteiger partial charge in [0.25, 0.3) is 0 Å². The van der Waals surface area contributed by atoms with Crippen molar-refractivity contribution in [3.05, 3.63) is 29.8 Å². The van der Waals surface area contributed by atoms with Crippen molar-refractivity contribution in [3.8, 4) is 5.75 Å². The highest BCUT2D eigenvalue weighted by Crippen LogP contribution is 2.29. The van der Waals surface area contributed by atoms with Crippen molar-refractivity contribution in [1.29, 1.82) is 0 Å². The number of hydrogen-bond acceptors (Lipinski definition) is 3. The zero-order valence-electron chi connectivity index (χ0n) is 11.5. The van der Waals surface area contributed by atoms with Crippen molar-refractivity contribution < 1.29 is 14.6 Å². The molecule has 19 heavy (non-hydrogen) atoms. The zero-order valence-corrected chi connectivity index (χ0v) is 11.5. The van der Waals surface area contributed by atoms with E-state index in [1.807, 2.05) is 43.0 Å². The van der Waals surface area contributed by atoms with E-state index in [1.165, 1.54) is 0 Å². The van der Waals surface area contributed by atoms with Crippen LogP contribution in [0, 0.1) is 5.92 Å². The first-order chi connectivity index (χ1) is 9.15. The molecule has 2 atom stereocenters. The fraction of sp³-hybridized carbons (Fsp3) is 0.533. The summed E-state index contributed by atoms with van der Waals surface area (Å²) in [5.41, 5.74) is 1.07. The largest absolute Gasteiger partial charge is 0.494 e. The lowest BCUT2D eigenvalue weighted by Gasteiger charge is -2.25. The van der Waals surface area contributed by atoms with Crippen LogP contribution in [0.15, 0.2) is 24.3 Å². The minimum Gasteiger partial charge on any atom is -0.494 e. The number of benzene rings is 1. The predicted molar refractivity (Wildman–Crippen MR) is 72.9 cm³/mol. The highest BCUT2D eigenvalue weighted by atomic mass is 16.5. The van der Waals surface area contributed by atoms with Crippen LogP contribution in [0.5, 0.6) is 5.75 Å². The summed E-state index contributed by atoms with van der Waals surface area (Å²) >= 11 is 0. The quantitative estimate of drug-likeness (QED) is 0.883. The van der Waals surface area contributed by atoms with Gasteiger partial charge in [-0.1, -0.05) is 12.1 Å². The lowest BCUT2D eigenvalue weighted by molar-refractivity contribution is -0.129. The van der Waals surface area contributed by atoms with Crippen LogP contribution in [0.1, 0.15) is 31.9 Å². The maximum absolute atomic E-state index is 12.0. The summed E-state index contributed by atoms with van der Waals surface area (Å²) in [6.45, 7) is 5.31. The number of hydrogen-bond donors (Lipinski definition) is 1. The van der Waals surface area contributed by atoms with E-state index in [0.29, 0.717) is 19.6 Å². The standard InChI is InChI=1S/C15H21NO3/c1-3-19-14-6-4-5-13(8-14)11(2)16-9-12(10-17)7-15(16)18/h4-6,8,11-12,17H,3,7,9-10H2,1-2H3. The molecule has 1 aromatic rings. The van der Waals surface area contributed by atoms with Crippen LogP contribution in [0.3, 0.4) is 0 Å². The molecule has 1 heterocycles. The fourth-order valence-electron chi connectivity index (χ4n) is 2.52. The number of amides is 1. The number of nitrogens with zero attached hydrogens (tertiary/aromatic N) is 1. The van der Waals surface area contributed by atoms with Gasteiger partial charge < -0.3 is 14.7 Å². The first-order valence-electron chi connectivity index (χ1n) is 6.78. The molecule has 4 heteroatoms. The molecule has 2 unspecified atom stereocenters. The van der Waals surface area contributed by atoms with Crippen LogP contribution in [-0.2, 0) is 4.79 Å². The SMILES string of the molecule is CCOc1cccc(C(C)N2CC(CO)CC2=O)c1. The minimum absolute atomic E-state index is 0.0180. The summed E-state index contributed by atoms with van der Waals surface area (Å²) in [7, 11) is 0. The first kappa shape index (κ1) is 13.9. The Bertz CT molecular complexity index is 447. The van der Waals surface area contributed by atoms with Gasteiger partial charge in [0.2, 0.25) is 5.91 Å². The molecule has 4 nitrogen and oxygen atoms in total. The molecule has 1 saturated heterocycles. The number of likely N-dealkylation sites (tertiary alicyclic amines) is 1. The number of carbonyl (C=O) groups is 1. The smallest absolute Gasteiger partial charge is 0.223 e. The maximum atomic E-state index is 12.0. The molecule has 0 saturated carbocycles. The van der Waals surface area contributed by atoms with Crippen molar-refractivity contribution in [3.63, 3.8) is 0 Å². The van der Waals surface area contributed by atoms with E-state index in [1.54, 1.807) is 0 Å². The van der Waals surface area contributed by atoms with Gasteiger partial charge in [-0.05, 0) is 31.5 Å². The second-order valence-corrected chi connectivity index (χ2v) is 4.98. The van der Waals surface area contributed by atoms with Gasteiger partial charge >= 0.3 is 0 Å². The van der Waals surface area contributed by atoms with Crippen LogP contribution in [0.4, 0.5) is 0 Å². The number of carbonyl (C=O) groups excluding carboxylic acids is 1. The third-order valence-electron chi connectivity index (χ3n) is 3.62. The van der Waals surface area contributed by atoms with E-state index in [-0.39, 0.29) is 24.5 Å². The topological polar surface area (TPSA) is 49.8 Å². The molecule has 0 bridgehead atoms. The Labute approximate surface area is 114 Å². The van der Waals surface area contributed by atoms with Gasteiger partial charge in [-0.3, -0.25) is 4.79 Å². The third kappa shape index (κ3) is 3.07. The normalized spacial score (nSPS) is 20.7. The van der Waals surface area contributed by atoms with Crippen molar-refractivity contribution in [2.45, 2.75) is 26.3 Å². The molecule has 1 aliphatic rings. The summed E-state index contributed by atoms with van der Waals surface area (Å²) in [6, 6.07) is 7.87. The molecule has 0 aromatic heterocycles. The Balaban J connectivity index is 2.13. The highest BCUT2D eigenvalue weighted by molar-refractivity contribution is 5.79. The second kappa shape index (κ2) is 6.06. The zero-order chi connectivity index (χ0) is 13.8. The molecule has 104 valence electrons. The lowest BCUT2D eigenvalue weighted by Crippen LogP contribution is -2.28. The van der Waals surface area contributed by atoms with E-state index >= 15 is 0 Å². The number of rotatable bonds is 5. The van der Waals surface area contributed by atoms with Gasteiger partial charge in [0, 0.05) is 25.5 Å². The van der Waals surface area contributed by atoms with Crippen molar-refractivity contribution in [1.82, 2.24) is 4.90 Å². The second-order valence-electron chi connectivity index (χ2n) is 4.98. The molecule has 0 radical (unpaired) electrons. The van der Waals surface area contributed by atoms with E-state index in [9.17, 15) is 4.79 Å². The Morgan fingerprint density at radius 1 is 1.53 bits per heavy atom. The summed E-state index contributed by atoms with van der Waals surface area (Å²) in [6.07, 6.45) is 0.450. The minimum atomic E-state index is 0.0180. The fourth-order valence-corrected chi connectivity index (χ4v) is 2.52. The molecular weight excluding hydrogens is 242 g/mol. The first-order valence-corrected chi connectivity index (χ1v) is 6.78. The summed E-state index contributed by atoms with van der Waals surface area (Å²) in [4.78, 5) is 13.8. The average molecular weight is 263 g/mol. The Kier molecular flexibility index (Phi) is 4.43. The Hall–Kier alpha value is -1.55.